The van der Waals surface area contributed by atoms with Gasteiger partial charge >= 0.3 is 5.97 Å². The predicted octanol–water partition coefficient (Wildman–Crippen LogP) is 4.40. The molecule has 8 heteroatoms. The summed E-state index contributed by atoms with van der Waals surface area (Å²) < 4.78 is 0. The minimum atomic E-state index is -1.21. The van der Waals surface area contributed by atoms with Crippen molar-refractivity contribution in [1.29, 1.82) is 0 Å². The predicted molar refractivity (Wildman–Crippen MR) is 115 cm³/mol. The monoisotopic (exact) mass is 434 g/mol. The number of aryl methyl sites for hydroxylation is 1. The molecule has 0 aliphatic carbocycles. The number of carbonyl (C=O) groups is 4. The number of rotatable bonds is 4. The average Bonchev–Trinajstić information content (AvgIpc) is 3.00. The fraction of sp³-hybridized carbons (Fsp3) is 0.0435. The Morgan fingerprint density at radius 3 is 2.39 bits per heavy atom. The van der Waals surface area contributed by atoms with E-state index in [1.54, 1.807) is 30.3 Å². The number of halogens is 1. The molecule has 0 unspecified atom stereocenters. The number of imide groups is 1. The van der Waals surface area contributed by atoms with Crippen molar-refractivity contribution >= 4 is 46.7 Å². The number of nitrogens with one attached hydrogen (secondary N) is 1. The van der Waals surface area contributed by atoms with E-state index >= 15 is 0 Å². The normalized spacial score (nSPS) is 12.6. The van der Waals surface area contributed by atoms with Crippen LogP contribution in [-0.4, -0.2) is 28.8 Å². The number of carboxylic acid groups (broad SMARTS) is 1. The molecule has 3 aromatic rings. The number of hydrogen-bond acceptors (Lipinski definition) is 4. The molecule has 2 N–H and O–H groups in total. The first-order chi connectivity index (χ1) is 14.8. The van der Waals surface area contributed by atoms with Crippen LogP contribution < -0.4 is 10.2 Å². The third kappa shape index (κ3) is 3.55. The zero-order valence-corrected chi connectivity index (χ0v) is 16.9. The minimum absolute atomic E-state index is 0.0224. The fourth-order valence-electron chi connectivity index (χ4n) is 3.37. The van der Waals surface area contributed by atoms with E-state index in [1.165, 1.54) is 24.3 Å². The molecule has 1 aliphatic heterocycles. The van der Waals surface area contributed by atoms with Crippen molar-refractivity contribution in [2.24, 2.45) is 0 Å². The Morgan fingerprint density at radius 2 is 1.65 bits per heavy atom. The van der Waals surface area contributed by atoms with Gasteiger partial charge in [0.1, 0.15) is 0 Å². The molecule has 3 aromatic carbocycles. The maximum atomic E-state index is 13.0. The molecule has 0 bridgehead atoms. The number of benzene rings is 3. The third-order valence-corrected chi connectivity index (χ3v) is 5.21. The molecule has 0 atom stereocenters. The summed E-state index contributed by atoms with van der Waals surface area (Å²) in [6.45, 7) is 1.81. The van der Waals surface area contributed by atoms with Gasteiger partial charge in [0.25, 0.3) is 17.7 Å². The van der Waals surface area contributed by atoms with Gasteiger partial charge in [0.05, 0.1) is 27.9 Å². The number of fused-ring (bicyclic) bond motifs is 1. The van der Waals surface area contributed by atoms with Gasteiger partial charge in [-0.1, -0.05) is 29.8 Å². The molecule has 0 saturated carbocycles. The van der Waals surface area contributed by atoms with Gasteiger partial charge in [-0.2, -0.15) is 0 Å². The first-order valence-electron chi connectivity index (χ1n) is 9.20. The summed E-state index contributed by atoms with van der Waals surface area (Å²) in [5, 5.41) is 12.4. The van der Waals surface area contributed by atoms with Crippen molar-refractivity contribution < 1.29 is 24.3 Å². The number of aromatic carboxylic acids is 1. The van der Waals surface area contributed by atoms with Gasteiger partial charge in [-0.15, -0.1) is 0 Å². The van der Waals surface area contributed by atoms with Gasteiger partial charge in [0.15, 0.2) is 0 Å². The largest absolute Gasteiger partial charge is 0.478 e. The number of carbonyl (C=O) groups excluding carboxylic acids is 3. The number of hydrogen-bond donors (Lipinski definition) is 2. The molecule has 0 aromatic heterocycles. The molecule has 7 nitrogen and oxygen atoms in total. The molecular weight excluding hydrogens is 420 g/mol. The standard InChI is InChI=1S/C23H15ClN2O5/c1-12-6-8-14(24)11-18(12)25-20(27)16-4-2-3-5-19(16)26-21(28)15-9-7-13(23(30)31)10-17(15)22(26)29/h2-11H,1H3,(H,25,27)(H,30,31). The van der Waals surface area contributed by atoms with Crippen LogP contribution in [0.15, 0.2) is 60.7 Å². The Balaban J connectivity index is 1.72. The zero-order chi connectivity index (χ0) is 22.3. The van der Waals surface area contributed by atoms with Crippen molar-refractivity contribution in [3.63, 3.8) is 0 Å². The first kappa shape index (κ1) is 20.3. The van der Waals surface area contributed by atoms with Crippen LogP contribution in [0, 0.1) is 6.92 Å². The minimum Gasteiger partial charge on any atom is -0.478 e. The van der Waals surface area contributed by atoms with Crippen molar-refractivity contribution in [3.05, 3.63) is 93.5 Å². The maximum absolute atomic E-state index is 13.0. The molecule has 0 spiro atoms. The summed E-state index contributed by atoms with van der Waals surface area (Å²) in [7, 11) is 0. The van der Waals surface area contributed by atoms with Crippen molar-refractivity contribution in [2.45, 2.75) is 6.92 Å². The number of nitrogens with zero attached hydrogens (tertiary/aromatic N) is 1. The fourth-order valence-corrected chi connectivity index (χ4v) is 3.54. The van der Waals surface area contributed by atoms with E-state index in [0.717, 1.165) is 16.5 Å². The lowest BCUT2D eigenvalue weighted by Gasteiger charge is -2.18. The molecule has 0 radical (unpaired) electrons. The van der Waals surface area contributed by atoms with Gasteiger partial charge in [-0.25, -0.2) is 9.69 Å². The van der Waals surface area contributed by atoms with Gasteiger partial charge in [0.2, 0.25) is 0 Å². The highest BCUT2D eigenvalue weighted by Gasteiger charge is 2.38. The van der Waals surface area contributed by atoms with E-state index in [2.05, 4.69) is 5.32 Å². The van der Waals surface area contributed by atoms with Crippen molar-refractivity contribution in [3.8, 4) is 0 Å². The Labute approximate surface area is 181 Å². The smallest absolute Gasteiger partial charge is 0.335 e. The van der Waals surface area contributed by atoms with Crippen LogP contribution in [0.5, 0.6) is 0 Å². The topological polar surface area (TPSA) is 104 Å². The average molecular weight is 435 g/mol. The number of carboxylic acids is 1. The number of amides is 3. The Kier molecular flexibility index (Phi) is 5.04. The highest BCUT2D eigenvalue weighted by molar-refractivity contribution is 6.36. The molecule has 0 fully saturated rings. The second-order valence-corrected chi connectivity index (χ2v) is 7.38. The van der Waals surface area contributed by atoms with Gasteiger partial charge in [-0.3, -0.25) is 14.4 Å². The summed E-state index contributed by atoms with van der Waals surface area (Å²) in [5.74, 6) is -3.06. The van der Waals surface area contributed by atoms with E-state index in [9.17, 15) is 24.3 Å². The van der Waals surface area contributed by atoms with Crippen LogP contribution in [0.1, 0.15) is 47.0 Å². The lowest BCUT2D eigenvalue weighted by molar-refractivity contribution is 0.0696. The van der Waals surface area contributed by atoms with Crippen molar-refractivity contribution in [1.82, 2.24) is 0 Å². The highest BCUT2D eigenvalue weighted by Crippen LogP contribution is 2.32. The summed E-state index contributed by atoms with van der Waals surface area (Å²) >= 11 is 6.02. The summed E-state index contributed by atoms with van der Waals surface area (Å²) in [6, 6.07) is 15.0. The second-order valence-electron chi connectivity index (χ2n) is 6.94. The molecule has 3 amide bonds. The lowest BCUT2D eigenvalue weighted by Crippen LogP contribution is -2.31. The van der Waals surface area contributed by atoms with Crippen LogP contribution in [0.2, 0.25) is 5.02 Å². The van der Waals surface area contributed by atoms with Gasteiger partial charge in [0, 0.05) is 10.7 Å². The lowest BCUT2D eigenvalue weighted by atomic mass is 10.1. The SMILES string of the molecule is Cc1ccc(Cl)cc1NC(=O)c1ccccc1N1C(=O)c2ccc(C(=O)O)cc2C1=O. The quantitative estimate of drug-likeness (QED) is 0.592. The van der Waals surface area contributed by atoms with Gasteiger partial charge in [-0.05, 0) is 55.0 Å². The molecule has 31 heavy (non-hydrogen) atoms. The number of anilines is 2. The van der Waals surface area contributed by atoms with Crippen LogP contribution in [0.25, 0.3) is 0 Å². The first-order valence-corrected chi connectivity index (χ1v) is 9.58. The number of para-hydroxylation sites is 1. The molecule has 0 saturated heterocycles. The molecule has 4 rings (SSSR count). The van der Waals surface area contributed by atoms with Crippen LogP contribution in [-0.2, 0) is 0 Å². The van der Waals surface area contributed by atoms with E-state index in [1.807, 2.05) is 6.92 Å². The highest BCUT2D eigenvalue weighted by atomic mass is 35.5. The van der Waals surface area contributed by atoms with Gasteiger partial charge < -0.3 is 10.4 Å². The zero-order valence-electron chi connectivity index (χ0n) is 16.2. The molecule has 1 aliphatic rings. The Bertz CT molecular complexity index is 1280. The summed E-state index contributed by atoms with van der Waals surface area (Å²) in [5.41, 5.74) is 1.45. The molecule has 154 valence electrons. The Hall–Kier alpha value is -3.97. The third-order valence-electron chi connectivity index (χ3n) is 4.97. The van der Waals surface area contributed by atoms with Crippen LogP contribution >= 0.6 is 11.6 Å². The van der Waals surface area contributed by atoms with E-state index in [-0.39, 0.29) is 27.9 Å². The Morgan fingerprint density at radius 1 is 0.935 bits per heavy atom. The summed E-state index contributed by atoms with van der Waals surface area (Å²) in [6.07, 6.45) is 0. The maximum Gasteiger partial charge on any atom is 0.335 e. The van der Waals surface area contributed by atoms with E-state index in [0.29, 0.717) is 10.7 Å². The van der Waals surface area contributed by atoms with Crippen LogP contribution in [0.4, 0.5) is 11.4 Å². The van der Waals surface area contributed by atoms with Crippen LogP contribution in [0.3, 0.4) is 0 Å². The molecule has 1 heterocycles. The van der Waals surface area contributed by atoms with Crippen molar-refractivity contribution in [2.75, 3.05) is 10.2 Å². The second kappa shape index (κ2) is 7.70. The van der Waals surface area contributed by atoms with E-state index in [4.69, 9.17) is 11.6 Å². The summed E-state index contributed by atoms with van der Waals surface area (Å²) in [4.78, 5) is 51.0. The molecular formula is C23H15ClN2O5. The van der Waals surface area contributed by atoms with E-state index < -0.39 is 23.7 Å².